The predicted octanol–water partition coefficient (Wildman–Crippen LogP) is 5.04. The summed E-state index contributed by atoms with van der Waals surface area (Å²) < 4.78 is 28.4. The number of carbonyl (C=O) groups excluding carboxylic acids is 2. The molecule has 0 aliphatic heterocycles. The first-order chi connectivity index (χ1) is 19.0. The van der Waals surface area contributed by atoms with Crippen LogP contribution in [0.25, 0.3) is 0 Å². The molecule has 3 aromatic rings. The Morgan fingerprint density at radius 3 is 2.17 bits per heavy atom. The maximum Gasteiger partial charge on any atom is 0.271 e. The van der Waals surface area contributed by atoms with Crippen molar-refractivity contribution in [2.24, 2.45) is 0 Å². The Balaban J connectivity index is 2.13. The summed E-state index contributed by atoms with van der Waals surface area (Å²) in [5, 5.41) is 14.7. The van der Waals surface area contributed by atoms with E-state index in [1.165, 1.54) is 47.4 Å². The van der Waals surface area contributed by atoms with Gasteiger partial charge in [0.1, 0.15) is 12.6 Å². The van der Waals surface area contributed by atoms with Crippen LogP contribution in [0.15, 0.2) is 77.7 Å². The summed E-state index contributed by atoms with van der Waals surface area (Å²) in [4.78, 5) is 38.9. The third-order valence-electron chi connectivity index (χ3n) is 6.07. The van der Waals surface area contributed by atoms with E-state index in [2.05, 4.69) is 5.32 Å². The van der Waals surface area contributed by atoms with E-state index in [4.69, 9.17) is 23.2 Å². The van der Waals surface area contributed by atoms with Crippen molar-refractivity contribution in [1.82, 2.24) is 10.2 Å². The topological polar surface area (TPSA) is 130 Å². The van der Waals surface area contributed by atoms with Gasteiger partial charge in [-0.3, -0.25) is 24.0 Å². The van der Waals surface area contributed by atoms with Gasteiger partial charge in [-0.25, -0.2) is 8.42 Å². The molecule has 0 aliphatic rings. The molecule has 1 N–H and O–H groups in total. The molecule has 0 fully saturated rings. The number of carbonyl (C=O) groups is 2. The van der Waals surface area contributed by atoms with Gasteiger partial charge in [-0.1, -0.05) is 60.5 Å². The summed E-state index contributed by atoms with van der Waals surface area (Å²) in [7, 11) is -4.37. The molecule has 10 nitrogen and oxygen atoms in total. The molecular formula is C27H28Cl2N4O6S. The Bertz CT molecular complexity index is 1470. The molecule has 0 saturated carbocycles. The fraction of sp³-hybridized carbons (Fsp3) is 0.259. The van der Waals surface area contributed by atoms with E-state index in [0.29, 0.717) is 12.1 Å². The van der Waals surface area contributed by atoms with Gasteiger partial charge >= 0.3 is 0 Å². The number of benzene rings is 3. The van der Waals surface area contributed by atoms with Crippen LogP contribution in [0.4, 0.5) is 11.4 Å². The molecule has 2 amide bonds. The first-order valence-corrected chi connectivity index (χ1v) is 14.5. The lowest BCUT2D eigenvalue weighted by Gasteiger charge is -2.33. The summed E-state index contributed by atoms with van der Waals surface area (Å²) in [6.07, 6.45) is 0.210. The van der Waals surface area contributed by atoms with Gasteiger partial charge in [0.2, 0.25) is 11.8 Å². The number of sulfonamides is 1. The van der Waals surface area contributed by atoms with Crippen LogP contribution in [0.2, 0.25) is 10.0 Å². The highest BCUT2D eigenvalue weighted by atomic mass is 35.5. The lowest BCUT2D eigenvalue weighted by Crippen LogP contribution is -2.52. The zero-order valence-corrected chi connectivity index (χ0v) is 24.1. The number of nitrogens with one attached hydrogen (secondary N) is 1. The monoisotopic (exact) mass is 606 g/mol. The maximum atomic E-state index is 14.0. The molecule has 0 heterocycles. The Kier molecular flexibility index (Phi) is 10.5. The van der Waals surface area contributed by atoms with Crippen LogP contribution in [0.1, 0.15) is 25.8 Å². The number of nitro benzene ring substituents is 1. The fourth-order valence-corrected chi connectivity index (χ4v) is 6.02. The number of non-ortho nitro benzene ring substituents is 1. The largest absolute Gasteiger partial charge is 0.355 e. The van der Waals surface area contributed by atoms with Gasteiger partial charge in [-0.2, -0.15) is 0 Å². The van der Waals surface area contributed by atoms with Crippen LogP contribution in [-0.4, -0.2) is 49.2 Å². The average Bonchev–Trinajstić information content (AvgIpc) is 2.93. The van der Waals surface area contributed by atoms with Crippen molar-refractivity contribution in [2.75, 3.05) is 17.4 Å². The molecule has 0 spiro atoms. The van der Waals surface area contributed by atoms with Crippen LogP contribution in [-0.2, 0) is 26.2 Å². The summed E-state index contributed by atoms with van der Waals surface area (Å²) >= 11 is 12.8. The van der Waals surface area contributed by atoms with Crippen molar-refractivity contribution in [1.29, 1.82) is 0 Å². The number of halogens is 2. The minimum absolute atomic E-state index is 0.0896. The van der Waals surface area contributed by atoms with Gasteiger partial charge in [-0.05, 0) is 43.7 Å². The van der Waals surface area contributed by atoms with Crippen molar-refractivity contribution in [3.05, 3.63) is 98.5 Å². The molecule has 1 unspecified atom stereocenters. The van der Waals surface area contributed by atoms with Crippen molar-refractivity contribution in [3.8, 4) is 0 Å². The van der Waals surface area contributed by atoms with Crippen LogP contribution in [0, 0.1) is 10.1 Å². The lowest BCUT2D eigenvalue weighted by molar-refractivity contribution is -0.384. The number of hydrogen-bond acceptors (Lipinski definition) is 6. The number of likely N-dealkylation sites (N-methyl/N-ethyl adjacent to an activating group) is 1. The molecular weight excluding hydrogens is 579 g/mol. The second kappa shape index (κ2) is 13.6. The van der Waals surface area contributed by atoms with E-state index in [1.54, 1.807) is 38.1 Å². The molecule has 0 aliphatic carbocycles. The Morgan fingerprint density at radius 1 is 0.975 bits per heavy atom. The van der Waals surface area contributed by atoms with Crippen LogP contribution < -0.4 is 9.62 Å². The lowest BCUT2D eigenvalue weighted by atomic mass is 10.1. The first-order valence-electron chi connectivity index (χ1n) is 12.3. The van der Waals surface area contributed by atoms with Gasteiger partial charge in [-0.15, -0.1) is 0 Å². The van der Waals surface area contributed by atoms with Crippen LogP contribution in [0.5, 0.6) is 0 Å². The molecule has 40 heavy (non-hydrogen) atoms. The fourth-order valence-electron chi connectivity index (χ4n) is 4.08. The highest BCUT2D eigenvalue weighted by molar-refractivity contribution is 7.92. The molecule has 1 atom stereocenters. The number of amides is 2. The minimum Gasteiger partial charge on any atom is -0.355 e. The highest BCUT2D eigenvalue weighted by Crippen LogP contribution is 2.30. The quantitative estimate of drug-likeness (QED) is 0.227. The zero-order chi connectivity index (χ0) is 29.4. The van der Waals surface area contributed by atoms with Gasteiger partial charge in [0, 0.05) is 40.8 Å². The Labute approximate surface area is 242 Å². The molecule has 0 radical (unpaired) electrons. The van der Waals surface area contributed by atoms with Gasteiger partial charge in [0.15, 0.2) is 0 Å². The number of nitrogens with zero attached hydrogens (tertiary/aromatic N) is 3. The molecule has 13 heteroatoms. The van der Waals surface area contributed by atoms with Crippen molar-refractivity contribution in [2.45, 2.75) is 37.8 Å². The van der Waals surface area contributed by atoms with E-state index in [0.717, 1.165) is 10.4 Å². The van der Waals surface area contributed by atoms with Gasteiger partial charge in [0.05, 0.1) is 15.5 Å². The molecule has 0 bridgehead atoms. The standard InChI is InChI=1S/C27H28Cl2N4O6S/c1-3-25(27(35)30-4-2)31(17-22-23(28)14-9-15-24(22)29)26(34)18-32(19-10-8-11-20(16-19)33(36)37)40(38,39)21-12-6-5-7-13-21/h5-16,25H,3-4,17-18H2,1-2H3,(H,30,35). The van der Waals surface area contributed by atoms with Crippen LogP contribution >= 0.6 is 23.2 Å². The number of nitro groups is 1. The summed E-state index contributed by atoms with van der Waals surface area (Å²) in [5.41, 5.74) is -0.0605. The van der Waals surface area contributed by atoms with E-state index in [1.807, 2.05) is 0 Å². The second-order valence-electron chi connectivity index (χ2n) is 8.64. The minimum atomic E-state index is -4.37. The molecule has 0 saturated heterocycles. The highest BCUT2D eigenvalue weighted by Gasteiger charge is 2.34. The molecule has 3 aromatic carbocycles. The van der Waals surface area contributed by atoms with E-state index in [9.17, 15) is 28.1 Å². The van der Waals surface area contributed by atoms with E-state index >= 15 is 0 Å². The normalized spacial score (nSPS) is 11.9. The average molecular weight is 608 g/mol. The van der Waals surface area contributed by atoms with E-state index < -0.39 is 39.3 Å². The number of rotatable bonds is 12. The van der Waals surface area contributed by atoms with Crippen molar-refractivity contribution >= 4 is 56.4 Å². The molecule has 0 aromatic heterocycles. The summed E-state index contributed by atoms with van der Waals surface area (Å²) in [5.74, 6) is -1.17. The van der Waals surface area contributed by atoms with Gasteiger partial charge in [0.25, 0.3) is 15.7 Å². The second-order valence-corrected chi connectivity index (χ2v) is 11.3. The first kappa shape index (κ1) is 30.9. The molecule has 3 rings (SSSR count). The SMILES string of the molecule is CCNC(=O)C(CC)N(Cc1c(Cl)cccc1Cl)C(=O)CN(c1cccc([N+](=O)[O-])c1)S(=O)(=O)c1ccccc1. The Hall–Kier alpha value is -3.67. The predicted molar refractivity (Wildman–Crippen MR) is 154 cm³/mol. The van der Waals surface area contributed by atoms with Crippen LogP contribution in [0.3, 0.4) is 0 Å². The molecule has 212 valence electrons. The Morgan fingerprint density at radius 2 is 1.60 bits per heavy atom. The maximum absolute atomic E-state index is 14.0. The van der Waals surface area contributed by atoms with Crippen molar-refractivity contribution < 1.29 is 22.9 Å². The summed E-state index contributed by atoms with van der Waals surface area (Å²) in [6.45, 7) is 2.83. The smallest absolute Gasteiger partial charge is 0.271 e. The van der Waals surface area contributed by atoms with E-state index in [-0.39, 0.29) is 39.3 Å². The van der Waals surface area contributed by atoms with Gasteiger partial charge < -0.3 is 10.2 Å². The number of hydrogen-bond donors (Lipinski definition) is 1. The van der Waals surface area contributed by atoms with Crippen molar-refractivity contribution in [3.63, 3.8) is 0 Å². The third-order valence-corrected chi connectivity index (χ3v) is 8.56. The zero-order valence-electron chi connectivity index (χ0n) is 21.8. The number of anilines is 1. The summed E-state index contributed by atoms with van der Waals surface area (Å²) in [6, 6.07) is 16.2. The third kappa shape index (κ3) is 7.09.